The first-order valence-corrected chi connectivity index (χ1v) is 11.2. The van der Waals surface area contributed by atoms with E-state index < -0.39 is 0 Å². The van der Waals surface area contributed by atoms with E-state index in [1.807, 2.05) is 24.1 Å². The zero-order valence-electron chi connectivity index (χ0n) is 17.2. The topological polar surface area (TPSA) is 34.9 Å². The lowest BCUT2D eigenvalue weighted by molar-refractivity contribution is -0.137. The summed E-state index contributed by atoms with van der Waals surface area (Å²) >= 11 is 0. The third-order valence-electron chi connectivity index (χ3n) is 9.29. The second-order valence-electron chi connectivity index (χ2n) is 10.5. The molecule has 27 heavy (non-hydrogen) atoms. The second kappa shape index (κ2) is 6.06. The number of carbonyl (C=O) groups excluding carboxylic acids is 1. The molecule has 3 nitrogen and oxygen atoms in total. The van der Waals surface area contributed by atoms with E-state index in [-0.39, 0.29) is 5.41 Å². The van der Waals surface area contributed by atoms with E-state index in [2.05, 4.69) is 25.0 Å². The smallest absolute Gasteiger partial charge is 0.165 e. The van der Waals surface area contributed by atoms with Crippen molar-refractivity contribution in [1.82, 2.24) is 9.78 Å². The molecule has 0 N–H and O–H groups in total. The Morgan fingerprint density at radius 1 is 1.11 bits per heavy atom. The molecule has 0 spiro atoms. The zero-order chi connectivity index (χ0) is 18.8. The van der Waals surface area contributed by atoms with Gasteiger partial charge < -0.3 is 0 Å². The summed E-state index contributed by atoms with van der Waals surface area (Å²) in [5.41, 5.74) is 2.56. The first-order valence-electron chi connectivity index (χ1n) is 11.2. The first kappa shape index (κ1) is 17.7. The molecule has 0 radical (unpaired) electrons. The number of ketones is 1. The van der Waals surface area contributed by atoms with Crippen molar-refractivity contribution in [3.8, 4) is 0 Å². The summed E-state index contributed by atoms with van der Waals surface area (Å²) in [5, 5.41) is 4.27. The molecule has 6 atom stereocenters. The fraction of sp³-hybridized carbons (Fsp3) is 0.750. The van der Waals surface area contributed by atoms with Gasteiger partial charge >= 0.3 is 0 Å². The van der Waals surface area contributed by atoms with Crippen LogP contribution in [0.2, 0.25) is 0 Å². The number of fused-ring (bicyclic) bond motifs is 5. The van der Waals surface area contributed by atoms with Crippen LogP contribution in [0.3, 0.4) is 0 Å². The normalized spacial score (nSPS) is 45.4. The molecule has 0 aliphatic heterocycles. The Balaban J connectivity index is 1.46. The molecule has 5 rings (SSSR count). The molecule has 0 amide bonds. The predicted octanol–water partition coefficient (Wildman–Crippen LogP) is 5.42. The summed E-state index contributed by atoms with van der Waals surface area (Å²) < 4.78 is 1.82. The highest BCUT2D eigenvalue weighted by Crippen LogP contribution is 2.66. The van der Waals surface area contributed by atoms with Crippen molar-refractivity contribution in [1.29, 1.82) is 0 Å². The summed E-state index contributed by atoms with van der Waals surface area (Å²) in [6.07, 6.45) is 17.9. The molecular weight excluding hydrogens is 332 g/mol. The molecule has 0 saturated heterocycles. The number of carbonyl (C=O) groups is 1. The summed E-state index contributed by atoms with van der Waals surface area (Å²) in [5.74, 6) is 3.54. The van der Waals surface area contributed by atoms with Gasteiger partial charge in [0, 0.05) is 24.2 Å². The van der Waals surface area contributed by atoms with Crippen LogP contribution in [0.1, 0.15) is 77.2 Å². The minimum absolute atomic E-state index is 0.118. The Kier molecular flexibility index (Phi) is 3.97. The lowest BCUT2D eigenvalue weighted by Gasteiger charge is -2.59. The quantitative estimate of drug-likeness (QED) is 0.622. The molecule has 0 bridgehead atoms. The van der Waals surface area contributed by atoms with Crippen molar-refractivity contribution >= 4 is 11.9 Å². The fourth-order valence-corrected chi connectivity index (χ4v) is 7.81. The Hall–Kier alpha value is -1.38. The molecule has 146 valence electrons. The molecule has 0 aromatic carbocycles. The van der Waals surface area contributed by atoms with E-state index in [1.54, 1.807) is 0 Å². The van der Waals surface area contributed by atoms with Crippen LogP contribution < -0.4 is 0 Å². The molecule has 3 heteroatoms. The van der Waals surface area contributed by atoms with Gasteiger partial charge in [-0.1, -0.05) is 26.7 Å². The fourth-order valence-electron chi connectivity index (χ4n) is 7.81. The Morgan fingerprint density at radius 2 is 1.96 bits per heavy atom. The van der Waals surface area contributed by atoms with Crippen LogP contribution >= 0.6 is 0 Å². The highest BCUT2D eigenvalue weighted by Gasteiger charge is 2.60. The van der Waals surface area contributed by atoms with Crippen molar-refractivity contribution in [3.05, 3.63) is 23.5 Å². The number of Topliss-reactive ketones (excluding diaryl/α,β-unsaturated/α-hetero) is 1. The van der Waals surface area contributed by atoms with Crippen LogP contribution in [-0.4, -0.2) is 15.6 Å². The van der Waals surface area contributed by atoms with Crippen molar-refractivity contribution in [2.75, 3.05) is 0 Å². The van der Waals surface area contributed by atoms with Crippen LogP contribution in [0, 0.1) is 34.5 Å². The minimum Gasteiger partial charge on any atom is -0.294 e. The van der Waals surface area contributed by atoms with E-state index >= 15 is 0 Å². The van der Waals surface area contributed by atoms with Gasteiger partial charge in [0.05, 0.1) is 6.20 Å². The molecule has 4 fully saturated rings. The van der Waals surface area contributed by atoms with Crippen LogP contribution in [0.25, 0.3) is 6.08 Å². The number of hydrogen-bond acceptors (Lipinski definition) is 2. The third kappa shape index (κ3) is 2.53. The van der Waals surface area contributed by atoms with Gasteiger partial charge in [0.1, 0.15) is 0 Å². The maximum Gasteiger partial charge on any atom is 0.165 e. The average Bonchev–Trinajstić information content (AvgIpc) is 3.16. The highest BCUT2D eigenvalue weighted by atomic mass is 16.1. The SMILES string of the molecule is Cn1cc(/C=C2/C[C@@H]3[C@H]4CC[C@H]5CCCC[C@]5(C)[C@@H]4CC[C@@]3(C)C2=O)cn1. The van der Waals surface area contributed by atoms with Crippen molar-refractivity contribution in [2.24, 2.45) is 41.5 Å². The number of rotatable bonds is 1. The maximum absolute atomic E-state index is 13.4. The molecule has 1 aromatic rings. The number of aromatic nitrogens is 2. The number of nitrogens with zero attached hydrogens (tertiary/aromatic N) is 2. The Bertz CT molecular complexity index is 792. The molecule has 4 aliphatic carbocycles. The first-order chi connectivity index (χ1) is 12.9. The van der Waals surface area contributed by atoms with E-state index in [9.17, 15) is 4.79 Å². The maximum atomic E-state index is 13.4. The van der Waals surface area contributed by atoms with Gasteiger partial charge in [-0.05, 0) is 85.7 Å². The minimum atomic E-state index is -0.118. The summed E-state index contributed by atoms with van der Waals surface area (Å²) in [7, 11) is 1.94. The van der Waals surface area contributed by atoms with Crippen molar-refractivity contribution < 1.29 is 4.79 Å². The van der Waals surface area contributed by atoms with Gasteiger partial charge in [-0.2, -0.15) is 5.10 Å². The zero-order valence-corrected chi connectivity index (χ0v) is 17.2. The lowest BCUT2D eigenvalue weighted by Crippen LogP contribution is -2.52. The molecule has 1 aromatic heterocycles. The van der Waals surface area contributed by atoms with Gasteiger partial charge in [-0.3, -0.25) is 9.48 Å². The number of aryl methyl sites for hydroxylation is 1. The molecule has 4 saturated carbocycles. The van der Waals surface area contributed by atoms with E-state index in [4.69, 9.17) is 0 Å². The summed E-state index contributed by atoms with van der Waals surface area (Å²) in [4.78, 5) is 13.4. The molecule has 4 aliphatic rings. The highest BCUT2D eigenvalue weighted by molar-refractivity contribution is 6.05. The lowest BCUT2D eigenvalue weighted by atomic mass is 9.45. The van der Waals surface area contributed by atoms with Gasteiger partial charge in [0.25, 0.3) is 0 Å². The average molecular weight is 367 g/mol. The van der Waals surface area contributed by atoms with Gasteiger partial charge in [0.15, 0.2) is 5.78 Å². The Morgan fingerprint density at radius 3 is 2.74 bits per heavy atom. The van der Waals surface area contributed by atoms with Crippen molar-refractivity contribution in [2.45, 2.75) is 71.6 Å². The van der Waals surface area contributed by atoms with E-state index in [0.29, 0.717) is 17.1 Å². The van der Waals surface area contributed by atoms with Crippen molar-refractivity contribution in [3.63, 3.8) is 0 Å². The Labute approximate surface area is 163 Å². The van der Waals surface area contributed by atoms with Gasteiger partial charge in [-0.15, -0.1) is 0 Å². The number of hydrogen-bond donors (Lipinski definition) is 0. The van der Waals surface area contributed by atoms with Gasteiger partial charge in [0.2, 0.25) is 0 Å². The van der Waals surface area contributed by atoms with E-state index in [0.717, 1.165) is 41.7 Å². The van der Waals surface area contributed by atoms with Crippen LogP contribution in [-0.2, 0) is 11.8 Å². The standard InChI is InChI=1S/C24H34N2O/c1-23-10-5-4-6-18(23)7-8-19-20(23)9-11-24(2)21(19)13-17(22(24)27)12-16-14-25-26(3)15-16/h12,14-15,18-21H,4-11,13H2,1-3H3/b17-12-/t18-,19+,20-,21-,23+,24-/m1/s1. The molecule has 1 heterocycles. The monoisotopic (exact) mass is 366 g/mol. The van der Waals surface area contributed by atoms with E-state index in [1.165, 1.54) is 44.9 Å². The second-order valence-corrected chi connectivity index (χ2v) is 10.5. The van der Waals surface area contributed by atoms with Crippen LogP contribution in [0.15, 0.2) is 18.0 Å². The largest absolute Gasteiger partial charge is 0.294 e. The third-order valence-corrected chi connectivity index (χ3v) is 9.29. The van der Waals surface area contributed by atoms with Crippen LogP contribution in [0.4, 0.5) is 0 Å². The van der Waals surface area contributed by atoms with Crippen LogP contribution in [0.5, 0.6) is 0 Å². The summed E-state index contributed by atoms with van der Waals surface area (Å²) in [6.45, 7) is 4.90. The molecule has 0 unspecified atom stereocenters. The molecular formula is C24H34N2O. The van der Waals surface area contributed by atoms with Gasteiger partial charge in [-0.25, -0.2) is 0 Å². The predicted molar refractivity (Wildman–Crippen MR) is 108 cm³/mol. The summed E-state index contributed by atoms with van der Waals surface area (Å²) in [6, 6.07) is 0. The number of allylic oxidation sites excluding steroid dienone is 1.